The first-order valence-electron chi connectivity index (χ1n) is 8.07. The zero-order chi connectivity index (χ0) is 19.6. The molecule has 1 amide bonds. The fourth-order valence-electron chi connectivity index (χ4n) is 2.97. The molecule has 1 N–H and O–H groups in total. The van der Waals surface area contributed by atoms with Crippen molar-refractivity contribution in [3.63, 3.8) is 0 Å². The van der Waals surface area contributed by atoms with Crippen molar-refractivity contribution in [2.45, 2.75) is 31.7 Å². The summed E-state index contributed by atoms with van der Waals surface area (Å²) in [5, 5.41) is 10.0. The van der Waals surface area contributed by atoms with Crippen LogP contribution in [0.4, 0.5) is 10.5 Å². The lowest BCUT2D eigenvalue weighted by Gasteiger charge is -2.24. The lowest BCUT2D eigenvalue weighted by Crippen LogP contribution is -2.44. The van der Waals surface area contributed by atoms with Gasteiger partial charge in [-0.15, -0.1) is 0 Å². The predicted molar refractivity (Wildman–Crippen MR) is 103 cm³/mol. The smallest absolute Gasteiger partial charge is 0.410 e. The van der Waals surface area contributed by atoms with Gasteiger partial charge in [-0.1, -0.05) is 19.2 Å². The van der Waals surface area contributed by atoms with Crippen molar-refractivity contribution in [1.82, 2.24) is 9.62 Å². The van der Waals surface area contributed by atoms with Crippen molar-refractivity contribution in [3.8, 4) is 0 Å². The Hall–Kier alpha value is -2.18. The second kappa shape index (κ2) is 8.88. The molecule has 0 saturated carbocycles. The summed E-state index contributed by atoms with van der Waals surface area (Å²) in [5.74, 6) is -0.564. The number of benzene rings is 1. The number of likely N-dealkylation sites (tertiary alicyclic amines) is 1. The minimum atomic E-state index is -3.71. The Morgan fingerprint density at radius 1 is 1.36 bits per heavy atom. The van der Waals surface area contributed by atoms with E-state index in [4.69, 9.17) is 4.74 Å². The fraction of sp³-hybridized carbons (Fsp3) is 0.500. The third-order valence-corrected chi connectivity index (χ3v) is 6.78. The van der Waals surface area contributed by atoms with Gasteiger partial charge in [-0.2, -0.15) is 0 Å². The van der Waals surface area contributed by atoms with Gasteiger partial charge < -0.3 is 9.64 Å². The maximum Gasteiger partial charge on any atom is 0.410 e. The summed E-state index contributed by atoms with van der Waals surface area (Å²) >= 11 is 0.946. The molecule has 2 aliphatic heterocycles. The van der Waals surface area contributed by atoms with Crippen molar-refractivity contribution < 1.29 is 27.7 Å². The first kappa shape index (κ1) is 22.1. The molecule has 0 unspecified atom stereocenters. The number of ether oxygens (including phenoxy) is 1. The quantitative estimate of drug-likeness (QED) is 0.562. The molecule has 3 rings (SSSR count). The van der Waals surface area contributed by atoms with Crippen molar-refractivity contribution in [1.29, 1.82) is 0 Å². The molecule has 2 heterocycles. The van der Waals surface area contributed by atoms with Crippen LogP contribution in [0.5, 0.6) is 0 Å². The number of nitro groups is 1. The average Bonchev–Trinajstić information content (AvgIpc) is 3.01. The number of sulfonamides is 1. The largest absolute Gasteiger partial charge is 0.445 e. The Kier molecular flexibility index (Phi) is 7.01. The van der Waals surface area contributed by atoms with E-state index in [9.17, 15) is 28.1 Å². The molecule has 0 spiro atoms. The topological polar surface area (TPSA) is 136 Å². The van der Waals surface area contributed by atoms with Gasteiger partial charge in [0.25, 0.3) is 5.69 Å². The number of rotatable bonds is 3. The minimum Gasteiger partial charge on any atom is -0.445 e. The molecule has 12 heteroatoms. The van der Waals surface area contributed by atoms with Gasteiger partial charge in [0.15, 0.2) is 0 Å². The molecule has 2 fully saturated rings. The van der Waals surface area contributed by atoms with E-state index < -0.39 is 37.9 Å². The van der Waals surface area contributed by atoms with Crippen LogP contribution in [-0.2, 0) is 26.2 Å². The summed E-state index contributed by atoms with van der Waals surface area (Å²) in [6, 6.07) is 5.24. The maximum absolute atomic E-state index is 12.4. The molecular formula is C16H21N3O7S2. The highest BCUT2D eigenvalue weighted by Crippen LogP contribution is 2.30. The van der Waals surface area contributed by atoms with Gasteiger partial charge in [0.05, 0.1) is 4.92 Å². The number of thioether (sulfide) groups is 1. The number of hydrogen-bond donors (Lipinski definition) is 1. The zero-order valence-electron chi connectivity index (χ0n) is 14.1. The number of amides is 1. The van der Waals surface area contributed by atoms with E-state index in [1.54, 1.807) is 0 Å². The number of carbonyl (C=O) groups is 2. The van der Waals surface area contributed by atoms with Crippen LogP contribution in [0.3, 0.4) is 0 Å². The van der Waals surface area contributed by atoms with E-state index in [1.165, 1.54) is 29.2 Å². The van der Waals surface area contributed by atoms with Crippen LogP contribution in [0.25, 0.3) is 0 Å². The molecule has 0 aromatic heterocycles. The van der Waals surface area contributed by atoms with Gasteiger partial charge >= 0.3 is 6.09 Å². The molecule has 2 aliphatic rings. The highest BCUT2D eigenvalue weighted by atomic mass is 32.2. The Bertz CT molecular complexity index is 857. The van der Waals surface area contributed by atoms with E-state index in [0.29, 0.717) is 18.5 Å². The van der Waals surface area contributed by atoms with Gasteiger partial charge in [-0.05, 0) is 24.1 Å². The Labute approximate surface area is 166 Å². The van der Waals surface area contributed by atoms with E-state index in [0.717, 1.165) is 11.8 Å². The maximum atomic E-state index is 12.4. The predicted octanol–water partition coefficient (Wildman–Crippen LogP) is 1.50. The monoisotopic (exact) mass is 431 g/mol. The normalized spacial score (nSPS) is 23.7. The van der Waals surface area contributed by atoms with Crippen molar-refractivity contribution in [3.05, 3.63) is 39.9 Å². The van der Waals surface area contributed by atoms with Crippen LogP contribution in [0, 0.1) is 10.1 Å². The van der Waals surface area contributed by atoms with Crippen LogP contribution < -0.4 is 4.72 Å². The molecule has 154 valence electrons. The third-order valence-electron chi connectivity index (χ3n) is 4.26. The lowest BCUT2D eigenvalue weighted by molar-refractivity contribution is -0.384. The summed E-state index contributed by atoms with van der Waals surface area (Å²) in [6.45, 7) is 0.254. The van der Waals surface area contributed by atoms with Gasteiger partial charge in [0.2, 0.25) is 15.1 Å². The lowest BCUT2D eigenvalue weighted by atomic mass is 10.2. The van der Waals surface area contributed by atoms with Crippen molar-refractivity contribution in [2.75, 3.05) is 18.8 Å². The SMILES string of the molecule is C.O=C1CS(=O)(=O)NC[C@@H]2C[C@@H](CN2C(=O)OCc2ccc([N+](=O)[O-])cc2)S1. The summed E-state index contributed by atoms with van der Waals surface area (Å²) in [7, 11) is -3.71. The number of non-ortho nitro benzene ring substituents is 1. The number of carbonyl (C=O) groups excluding carboxylic acids is 2. The number of hydrogen-bond acceptors (Lipinski definition) is 8. The summed E-state index contributed by atoms with van der Waals surface area (Å²) in [6.07, 6.45) is -0.125. The van der Waals surface area contributed by atoms with Crippen molar-refractivity contribution >= 4 is 38.7 Å². The van der Waals surface area contributed by atoms with Gasteiger partial charge in [0, 0.05) is 36.5 Å². The highest BCUT2D eigenvalue weighted by Gasteiger charge is 2.39. The van der Waals surface area contributed by atoms with Gasteiger partial charge in [-0.25, -0.2) is 17.9 Å². The van der Waals surface area contributed by atoms with Crippen LogP contribution >= 0.6 is 11.8 Å². The fourth-order valence-corrected chi connectivity index (χ4v) is 5.49. The van der Waals surface area contributed by atoms with Crippen LogP contribution in [0.1, 0.15) is 19.4 Å². The highest BCUT2D eigenvalue weighted by molar-refractivity contribution is 8.15. The molecule has 2 saturated heterocycles. The number of nitrogens with one attached hydrogen (secondary N) is 1. The second-order valence-electron chi connectivity index (χ2n) is 6.24. The Balaban J connectivity index is 0.00000280. The number of fused-ring (bicyclic) bond motifs is 2. The summed E-state index contributed by atoms with van der Waals surface area (Å²) in [5.41, 5.74) is 0.531. The van der Waals surface area contributed by atoms with E-state index >= 15 is 0 Å². The second-order valence-corrected chi connectivity index (χ2v) is 9.40. The van der Waals surface area contributed by atoms with Crippen LogP contribution in [0.15, 0.2) is 24.3 Å². The standard InChI is InChI=1S/C15H17N3O7S2.CH4/c19-14-9-27(23,24)16-6-12-5-13(26-14)7-17(12)15(20)25-8-10-1-3-11(4-2-10)18(21)22;/h1-4,12-13,16H,5-9H2;1H4/t12-,13-;/m0./s1. The minimum absolute atomic E-state index is 0. The molecule has 28 heavy (non-hydrogen) atoms. The Morgan fingerprint density at radius 2 is 2.04 bits per heavy atom. The van der Waals surface area contributed by atoms with Crippen LogP contribution in [0.2, 0.25) is 0 Å². The molecule has 0 radical (unpaired) electrons. The molecular weight excluding hydrogens is 410 g/mol. The van der Waals surface area contributed by atoms with Gasteiger partial charge in [0.1, 0.15) is 12.4 Å². The summed E-state index contributed by atoms with van der Waals surface area (Å²) < 4.78 is 31.2. The van der Waals surface area contributed by atoms with E-state index in [-0.39, 0.29) is 31.5 Å². The molecule has 1 aromatic carbocycles. The first-order chi connectivity index (χ1) is 12.7. The third kappa shape index (κ3) is 5.42. The molecule has 2 atom stereocenters. The molecule has 2 bridgehead atoms. The van der Waals surface area contributed by atoms with E-state index in [1.807, 2.05) is 0 Å². The number of nitro benzene ring substituents is 1. The average molecular weight is 431 g/mol. The van der Waals surface area contributed by atoms with Crippen molar-refractivity contribution in [2.24, 2.45) is 0 Å². The summed E-state index contributed by atoms with van der Waals surface area (Å²) in [4.78, 5) is 35.8. The Morgan fingerprint density at radius 3 is 2.68 bits per heavy atom. The molecule has 0 aliphatic carbocycles. The zero-order valence-corrected chi connectivity index (χ0v) is 15.7. The first-order valence-corrected chi connectivity index (χ1v) is 10.6. The van der Waals surface area contributed by atoms with Gasteiger partial charge in [-0.3, -0.25) is 14.9 Å². The molecule has 10 nitrogen and oxygen atoms in total. The number of nitrogens with zero attached hydrogens (tertiary/aromatic N) is 2. The van der Waals surface area contributed by atoms with Crippen LogP contribution in [-0.4, -0.2) is 59.6 Å². The molecule has 1 aromatic rings. The van der Waals surface area contributed by atoms with E-state index in [2.05, 4.69) is 4.72 Å².